The largest absolute Gasteiger partial charge is 0.390 e. The Labute approximate surface area is 115 Å². The average Bonchev–Trinajstić information content (AvgIpc) is 2.28. The van der Waals surface area contributed by atoms with Crippen LogP contribution in [0.1, 0.15) is 30.1 Å². The van der Waals surface area contributed by atoms with Crippen LogP contribution in [0.4, 0.5) is 0 Å². The van der Waals surface area contributed by atoms with E-state index >= 15 is 0 Å². The van der Waals surface area contributed by atoms with E-state index in [9.17, 15) is 9.90 Å². The maximum atomic E-state index is 12.2. The summed E-state index contributed by atoms with van der Waals surface area (Å²) in [4.78, 5) is 14.0. The number of nitrogens with zero attached hydrogens (tertiary/aromatic N) is 1. The number of hydrogen-bond donors (Lipinski definition) is 1. The van der Waals surface area contributed by atoms with E-state index in [0.717, 1.165) is 9.13 Å². The van der Waals surface area contributed by atoms with E-state index in [4.69, 9.17) is 0 Å². The van der Waals surface area contributed by atoms with E-state index in [1.807, 2.05) is 36.1 Å². The Balaban J connectivity index is 2.07. The van der Waals surface area contributed by atoms with Crippen molar-refractivity contribution in [2.75, 3.05) is 13.1 Å². The zero-order valence-electron chi connectivity index (χ0n) is 9.82. The van der Waals surface area contributed by atoms with Crippen molar-refractivity contribution in [2.24, 2.45) is 0 Å². The first kappa shape index (κ1) is 12.8. The van der Waals surface area contributed by atoms with E-state index in [-0.39, 0.29) is 5.91 Å². The molecule has 3 nitrogen and oxygen atoms in total. The van der Waals surface area contributed by atoms with Gasteiger partial charge in [0.15, 0.2) is 0 Å². The van der Waals surface area contributed by atoms with E-state index in [1.54, 1.807) is 0 Å². The zero-order valence-corrected chi connectivity index (χ0v) is 12.0. The molecule has 1 saturated heterocycles. The molecule has 0 aliphatic carbocycles. The second-order valence-electron chi connectivity index (χ2n) is 4.80. The highest BCUT2D eigenvalue weighted by atomic mass is 127. The summed E-state index contributed by atoms with van der Waals surface area (Å²) in [7, 11) is 0. The molecule has 2 rings (SSSR count). The van der Waals surface area contributed by atoms with Gasteiger partial charge in [-0.05, 0) is 60.6 Å². The van der Waals surface area contributed by atoms with Gasteiger partial charge in [0, 0.05) is 22.2 Å². The Morgan fingerprint density at radius 1 is 1.41 bits per heavy atom. The van der Waals surface area contributed by atoms with Crippen molar-refractivity contribution < 1.29 is 9.90 Å². The minimum atomic E-state index is -0.609. The SMILES string of the molecule is CC1(O)CCN(C(=O)c2cccc(I)c2)CC1. The van der Waals surface area contributed by atoms with Crippen LogP contribution in [-0.2, 0) is 0 Å². The summed E-state index contributed by atoms with van der Waals surface area (Å²) < 4.78 is 1.07. The summed E-state index contributed by atoms with van der Waals surface area (Å²) in [6.07, 6.45) is 1.31. The van der Waals surface area contributed by atoms with E-state index in [1.165, 1.54) is 0 Å². The lowest BCUT2D eigenvalue weighted by molar-refractivity contribution is -0.00202. The van der Waals surface area contributed by atoms with Crippen molar-refractivity contribution >= 4 is 28.5 Å². The number of amides is 1. The molecular formula is C13H16INO2. The Kier molecular flexibility index (Phi) is 3.73. The van der Waals surface area contributed by atoms with E-state index in [2.05, 4.69) is 22.6 Å². The number of piperidine rings is 1. The molecule has 1 heterocycles. The number of carbonyl (C=O) groups excluding carboxylic acids is 1. The van der Waals surface area contributed by atoms with E-state index in [0.29, 0.717) is 25.9 Å². The quantitative estimate of drug-likeness (QED) is 0.794. The standard InChI is InChI=1S/C13H16INO2/c1-13(17)5-7-15(8-6-13)12(16)10-3-2-4-11(14)9-10/h2-4,9,17H,5-8H2,1H3. The van der Waals surface area contributed by atoms with Crippen LogP contribution in [0.15, 0.2) is 24.3 Å². The Morgan fingerprint density at radius 2 is 2.06 bits per heavy atom. The van der Waals surface area contributed by atoms with Crippen LogP contribution >= 0.6 is 22.6 Å². The van der Waals surface area contributed by atoms with Gasteiger partial charge in [0.1, 0.15) is 0 Å². The van der Waals surface area contributed by atoms with Gasteiger partial charge in [0.05, 0.1) is 5.60 Å². The average molecular weight is 345 g/mol. The third-order valence-corrected chi connectivity index (χ3v) is 3.87. The fourth-order valence-electron chi connectivity index (χ4n) is 2.00. The van der Waals surface area contributed by atoms with Gasteiger partial charge in [0.2, 0.25) is 0 Å². The molecule has 0 aromatic heterocycles. The van der Waals surface area contributed by atoms with Crippen LogP contribution in [-0.4, -0.2) is 34.6 Å². The number of carbonyl (C=O) groups is 1. The molecule has 0 unspecified atom stereocenters. The topological polar surface area (TPSA) is 40.5 Å². The van der Waals surface area contributed by atoms with E-state index < -0.39 is 5.60 Å². The molecule has 4 heteroatoms. The fraction of sp³-hybridized carbons (Fsp3) is 0.462. The monoisotopic (exact) mass is 345 g/mol. The molecule has 0 spiro atoms. The van der Waals surface area contributed by atoms with Crippen LogP contribution in [0.3, 0.4) is 0 Å². The zero-order chi connectivity index (χ0) is 12.5. The highest BCUT2D eigenvalue weighted by Gasteiger charge is 2.29. The fourth-order valence-corrected chi connectivity index (χ4v) is 2.54. The van der Waals surface area contributed by atoms with Crippen LogP contribution in [0, 0.1) is 3.57 Å². The van der Waals surface area contributed by atoms with Gasteiger partial charge in [-0.25, -0.2) is 0 Å². The Hall–Kier alpha value is -0.620. The summed E-state index contributed by atoms with van der Waals surface area (Å²) in [6, 6.07) is 7.61. The molecule has 0 atom stereocenters. The van der Waals surface area contributed by atoms with Gasteiger partial charge in [-0.15, -0.1) is 0 Å². The van der Waals surface area contributed by atoms with Crippen molar-refractivity contribution in [3.05, 3.63) is 33.4 Å². The maximum absolute atomic E-state index is 12.2. The first-order chi connectivity index (χ1) is 7.98. The van der Waals surface area contributed by atoms with Crippen LogP contribution in [0.2, 0.25) is 0 Å². The van der Waals surface area contributed by atoms with Gasteiger partial charge >= 0.3 is 0 Å². The van der Waals surface area contributed by atoms with Crippen molar-refractivity contribution in [1.82, 2.24) is 4.90 Å². The highest BCUT2D eigenvalue weighted by Crippen LogP contribution is 2.22. The van der Waals surface area contributed by atoms with Crippen LogP contribution < -0.4 is 0 Å². The summed E-state index contributed by atoms with van der Waals surface area (Å²) in [6.45, 7) is 3.11. The molecule has 0 saturated carbocycles. The summed E-state index contributed by atoms with van der Waals surface area (Å²) >= 11 is 2.20. The molecule has 1 amide bonds. The van der Waals surface area contributed by atoms with Gasteiger partial charge < -0.3 is 10.0 Å². The minimum Gasteiger partial charge on any atom is -0.390 e. The molecule has 1 aromatic carbocycles. The van der Waals surface area contributed by atoms with Gasteiger partial charge in [-0.3, -0.25) is 4.79 Å². The maximum Gasteiger partial charge on any atom is 0.253 e. The smallest absolute Gasteiger partial charge is 0.253 e. The van der Waals surface area contributed by atoms with Crippen LogP contribution in [0.25, 0.3) is 0 Å². The second kappa shape index (κ2) is 4.94. The number of halogens is 1. The normalized spacial score (nSPS) is 19.1. The number of hydrogen-bond acceptors (Lipinski definition) is 2. The number of benzene rings is 1. The lowest BCUT2D eigenvalue weighted by atomic mass is 9.93. The summed E-state index contributed by atoms with van der Waals surface area (Å²) in [5.74, 6) is 0.0685. The van der Waals surface area contributed by atoms with Gasteiger partial charge in [0.25, 0.3) is 5.91 Å². The Bertz CT molecular complexity index is 421. The van der Waals surface area contributed by atoms with Crippen LogP contribution in [0.5, 0.6) is 0 Å². The predicted molar refractivity (Wildman–Crippen MR) is 74.9 cm³/mol. The molecule has 1 aliphatic rings. The molecule has 1 N–H and O–H groups in total. The number of rotatable bonds is 1. The molecule has 1 aromatic rings. The minimum absolute atomic E-state index is 0.0685. The number of likely N-dealkylation sites (tertiary alicyclic amines) is 1. The van der Waals surface area contributed by atoms with Crippen molar-refractivity contribution in [2.45, 2.75) is 25.4 Å². The molecule has 92 valence electrons. The first-order valence-corrected chi connectivity index (χ1v) is 6.83. The molecule has 1 fully saturated rings. The van der Waals surface area contributed by atoms with Gasteiger partial charge in [-0.1, -0.05) is 6.07 Å². The third-order valence-electron chi connectivity index (χ3n) is 3.20. The van der Waals surface area contributed by atoms with Gasteiger partial charge in [-0.2, -0.15) is 0 Å². The first-order valence-electron chi connectivity index (χ1n) is 5.75. The lowest BCUT2D eigenvalue weighted by Gasteiger charge is -2.35. The molecule has 1 aliphatic heterocycles. The second-order valence-corrected chi connectivity index (χ2v) is 6.05. The van der Waals surface area contributed by atoms with Crippen molar-refractivity contribution in [3.63, 3.8) is 0 Å². The molecule has 17 heavy (non-hydrogen) atoms. The van der Waals surface area contributed by atoms with Crippen molar-refractivity contribution in [1.29, 1.82) is 0 Å². The summed E-state index contributed by atoms with van der Waals surface area (Å²) in [5.41, 5.74) is 0.125. The third kappa shape index (κ3) is 3.19. The number of aliphatic hydroxyl groups is 1. The lowest BCUT2D eigenvalue weighted by Crippen LogP contribution is -2.45. The summed E-state index contributed by atoms with van der Waals surface area (Å²) in [5, 5.41) is 9.85. The molecular weight excluding hydrogens is 329 g/mol. The predicted octanol–water partition coefficient (Wildman–Crippen LogP) is 2.28. The van der Waals surface area contributed by atoms with Crippen molar-refractivity contribution in [3.8, 4) is 0 Å². The molecule has 0 bridgehead atoms. The highest BCUT2D eigenvalue weighted by molar-refractivity contribution is 14.1. The Morgan fingerprint density at radius 3 is 2.65 bits per heavy atom. The molecule has 0 radical (unpaired) electrons.